The Kier molecular flexibility index (Phi) is 153. The Labute approximate surface area is 384 Å². The van der Waals surface area contributed by atoms with Gasteiger partial charge in [0.15, 0.2) is 0 Å². The maximum atomic E-state index is 10.8. The standard InChI is InChI=1S/C11H20O4S.2C4H9.6C2H6OS.H2S.2Sn.2H/c12-10(13)6-4-2-1-3-5-9(7-8-16)11(14)15;2*1-3-4-2;6*3-1-2-4;;;;;/h9,16H,1-8H2,(H,12,13)(H,14,15);2*1,3-4H2,2H3;6*3-4H,1-2H2;1H2;;;;. The van der Waals surface area contributed by atoms with Crippen molar-refractivity contribution in [1.29, 1.82) is 0 Å². The average molecular weight is 1100 g/mol. The first-order chi connectivity index (χ1) is 23.9. The van der Waals surface area contributed by atoms with E-state index in [2.05, 4.69) is 102 Å². The van der Waals surface area contributed by atoms with Crippen molar-refractivity contribution in [2.75, 3.05) is 79.9 Å². The van der Waals surface area contributed by atoms with Crippen molar-refractivity contribution >= 4 is 159 Å². The van der Waals surface area contributed by atoms with Crippen LogP contribution in [0.15, 0.2) is 0 Å². The molecule has 0 aromatic rings. The minimum absolute atomic E-state index is 0. The van der Waals surface area contributed by atoms with Crippen molar-refractivity contribution in [3.63, 3.8) is 0 Å². The molecule has 10 nitrogen and oxygen atoms in total. The summed E-state index contributed by atoms with van der Waals surface area (Å²) in [6, 6.07) is 0. The van der Waals surface area contributed by atoms with Crippen LogP contribution in [0, 0.1) is 5.92 Å². The summed E-state index contributed by atoms with van der Waals surface area (Å²) in [6.07, 6.45) is 10.4. The third-order valence-corrected chi connectivity index (χ3v) is 8.02. The maximum Gasteiger partial charge on any atom is 0.306 e. The summed E-state index contributed by atoms with van der Waals surface area (Å²) in [4.78, 5) is 21.0. The number of rotatable bonds is 20. The van der Waals surface area contributed by atoms with Gasteiger partial charge in [0, 0.05) is 40.9 Å². The van der Waals surface area contributed by atoms with Crippen LogP contribution >= 0.6 is 102 Å². The monoisotopic (exact) mass is 1110 g/mol. The van der Waals surface area contributed by atoms with E-state index < -0.39 is 11.9 Å². The molecule has 8 N–H and O–H groups in total. The normalized spacial score (nSPS) is 9.04. The molecule has 0 rings (SSSR count). The van der Waals surface area contributed by atoms with E-state index in [0.29, 0.717) is 59.5 Å². The molecular formula is C31H78O10S8Sn2. The number of thiol groups is 7. The van der Waals surface area contributed by atoms with E-state index in [1.54, 1.807) is 0 Å². The Balaban J connectivity index is -0.0000000505. The Morgan fingerprint density at radius 2 is 0.765 bits per heavy atom. The van der Waals surface area contributed by atoms with Crippen LogP contribution in [-0.2, 0) is 9.59 Å². The Morgan fingerprint density at radius 3 is 0.922 bits per heavy atom. The number of hydrogen-bond donors (Lipinski definition) is 15. The second kappa shape index (κ2) is 99.3. The summed E-state index contributed by atoms with van der Waals surface area (Å²) in [7, 11) is 0. The quantitative estimate of drug-likeness (QED) is 0.0477. The molecule has 1 unspecified atom stereocenters. The topological polar surface area (TPSA) is 196 Å². The number of aliphatic carboxylic acids is 2. The van der Waals surface area contributed by atoms with Gasteiger partial charge in [0.05, 0.1) is 45.6 Å². The van der Waals surface area contributed by atoms with Crippen molar-refractivity contribution in [3.8, 4) is 0 Å². The van der Waals surface area contributed by atoms with E-state index in [1.807, 2.05) is 0 Å². The molecule has 0 aliphatic carbocycles. The molecule has 0 aliphatic heterocycles. The van der Waals surface area contributed by atoms with Gasteiger partial charge in [-0.1, -0.05) is 19.3 Å². The van der Waals surface area contributed by atoms with Crippen LogP contribution in [0.1, 0.15) is 84.5 Å². The van der Waals surface area contributed by atoms with Crippen LogP contribution in [-0.4, -0.2) is 178 Å². The van der Waals surface area contributed by atoms with Crippen LogP contribution in [0.5, 0.6) is 0 Å². The summed E-state index contributed by atoms with van der Waals surface area (Å²) in [5.74, 6) is 2.20. The molecule has 0 heterocycles. The van der Waals surface area contributed by atoms with E-state index in [1.165, 1.54) is 79.6 Å². The van der Waals surface area contributed by atoms with Crippen molar-refractivity contribution in [1.82, 2.24) is 0 Å². The Hall–Kier alpha value is 3.10. The zero-order valence-electron chi connectivity index (χ0n) is 31.1. The van der Waals surface area contributed by atoms with Crippen LogP contribution in [0.4, 0.5) is 0 Å². The minimum Gasteiger partial charge on any atom is -0.481 e. The smallest absolute Gasteiger partial charge is 0.306 e. The average Bonchev–Trinajstić information content (AvgIpc) is 3.14. The first-order valence-electron chi connectivity index (χ1n) is 16.7. The fourth-order valence-corrected chi connectivity index (χ4v) is 4.62. The molecule has 0 bridgehead atoms. The second-order valence-corrected chi connectivity index (χ2v) is 15.3. The third kappa shape index (κ3) is 164. The van der Waals surface area contributed by atoms with Gasteiger partial charge in [0.25, 0.3) is 0 Å². The van der Waals surface area contributed by atoms with Gasteiger partial charge in [-0.05, 0) is 25.0 Å². The number of aliphatic hydroxyl groups is 6. The number of carboxylic acid groups (broad SMARTS) is 2. The van der Waals surface area contributed by atoms with Gasteiger partial charge < -0.3 is 40.9 Å². The summed E-state index contributed by atoms with van der Waals surface area (Å²) in [5.41, 5.74) is 0. The fraction of sp³-hybridized carbons (Fsp3) is 0.935. The minimum atomic E-state index is -0.765. The molecule has 0 aromatic carbocycles. The van der Waals surface area contributed by atoms with E-state index in [-0.39, 0.29) is 65.5 Å². The summed E-state index contributed by atoms with van der Waals surface area (Å²) >= 11 is 29.0. The van der Waals surface area contributed by atoms with Gasteiger partial charge in [-0.15, -0.1) is 0 Å². The Morgan fingerprint density at radius 1 is 0.490 bits per heavy atom. The molecule has 0 saturated heterocycles. The van der Waals surface area contributed by atoms with Crippen LogP contribution in [0.2, 0.25) is 8.87 Å². The van der Waals surface area contributed by atoms with Gasteiger partial charge in [-0.25, -0.2) is 0 Å². The number of carbonyl (C=O) groups is 2. The molecule has 4 radical (unpaired) electrons. The van der Waals surface area contributed by atoms with Gasteiger partial charge >= 0.3 is 105 Å². The molecule has 0 spiro atoms. The molecule has 0 fully saturated rings. The van der Waals surface area contributed by atoms with Gasteiger partial charge in [-0.3, -0.25) is 9.59 Å². The zero-order chi connectivity index (χ0) is 41.1. The van der Waals surface area contributed by atoms with Crippen molar-refractivity contribution in [3.05, 3.63) is 0 Å². The molecular weight excluding hydrogens is 1030 g/mol. The summed E-state index contributed by atoms with van der Waals surface area (Å²) in [6.45, 7) is 5.57. The van der Waals surface area contributed by atoms with Gasteiger partial charge in [0.1, 0.15) is 0 Å². The second-order valence-electron chi connectivity index (χ2n) is 8.86. The summed E-state index contributed by atoms with van der Waals surface area (Å²) < 4.78 is 2.95. The first kappa shape index (κ1) is 78.4. The van der Waals surface area contributed by atoms with Crippen molar-refractivity contribution in [2.24, 2.45) is 5.92 Å². The molecule has 51 heavy (non-hydrogen) atoms. The predicted octanol–water partition coefficient (Wildman–Crippen LogP) is 4.21. The molecule has 0 aliphatic rings. The molecule has 318 valence electrons. The molecule has 0 saturated carbocycles. The third-order valence-electron chi connectivity index (χ3n) is 4.24. The van der Waals surface area contributed by atoms with E-state index in [0.717, 1.165) is 19.3 Å². The number of hydrogen-bond acceptors (Lipinski definition) is 15. The predicted molar refractivity (Wildman–Crippen MR) is 255 cm³/mol. The molecule has 0 aromatic heterocycles. The van der Waals surface area contributed by atoms with E-state index in [4.69, 9.17) is 40.9 Å². The number of unbranched alkanes of at least 4 members (excludes halogenated alkanes) is 5. The van der Waals surface area contributed by atoms with Crippen LogP contribution in [0.3, 0.4) is 0 Å². The SMILES string of the molecule is CCC[CH2][SnH].CCC[CH2][SnH].O=C(O)CCCCCCC(CCS)C(=O)O.OCCS.OCCS.OCCS.OCCS.OCCS.OCCS.S. The van der Waals surface area contributed by atoms with Crippen LogP contribution in [0.25, 0.3) is 0 Å². The van der Waals surface area contributed by atoms with Crippen LogP contribution < -0.4 is 0 Å². The first-order valence-corrected chi connectivity index (χ1v) is 25.7. The van der Waals surface area contributed by atoms with Gasteiger partial charge in [-0.2, -0.15) is 102 Å². The van der Waals surface area contributed by atoms with Gasteiger partial charge in [0.2, 0.25) is 0 Å². The maximum absolute atomic E-state index is 10.8. The van der Waals surface area contributed by atoms with E-state index >= 15 is 0 Å². The zero-order valence-corrected chi connectivity index (χ0v) is 45.0. The molecule has 20 heteroatoms. The fourth-order valence-electron chi connectivity index (χ4n) is 1.98. The molecule has 0 amide bonds. The summed E-state index contributed by atoms with van der Waals surface area (Å²) in [5, 5.41) is 64.1. The van der Waals surface area contributed by atoms with E-state index in [9.17, 15) is 9.59 Å². The number of carboxylic acids is 2. The van der Waals surface area contributed by atoms with Crippen molar-refractivity contribution in [2.45, 2.75) is 93.3 Å². The Bertz CT molecular complexity index is 455. The number of aliphatic hydroxyl groups excluding tert-OH is 6. The van der Waals surface area contributed by atoms with Crippen molar-refractivity contribution < 1.29 is 50.4 Å². The largest absolute Gasteiger partial charge is 0.481 e. The molecule has 1 atom stereocenters.